The van der Waals surface area contributed by atoms with E-state index in [1.54, 1.807) is 12.1 Å². The third kappa shape index (κ3) is 2.54. The lowest BCUT2D eigenvalue weighted by molar-refractivity contribution is -0.260. The van der Waals surface area contributed by atoms with E-state index in [1.165, 1.54) is 12.1 Å². The third-order valence-electron chi connectivity index (χ3n) is 5.72. The summed E-state index contributed by atoms with van der Waals surface area (Å²) in [5, 5.41) is 20.3. The van der Waals surface area contributed by atoms with Crippen molar-refractivity contribution >= 4 is 5.84 Å². The van der Waals surface area contributed by atoms with Crippen molar-refractivity contribution in [3.8, 4) is 12.1 Å². The zero-order valence-electron chi connectivity index (χ0n) is 16.2. The number of ether oxygens (including phenoxy) is 2. The molecule has 3 rings (SSSR count). The summed E-state index contributed by atoms with van der Waals surface area (Å²) in [5.41, 5.74) is 4.10. The predicted molar refractivity (Wildman–Crippen MR) is 101 cm³/mol. The van der Waals surface area contributed by atoms with Crippen LogP contribution in [0.25, 0.3) is 0 Å². The van der Waals surface area contributed by atoms with Gasteiger partial charge in [-0.05, 0) is 30.5 Å². The Hall–Kier alpha value is -2.48. The quantitative estimate of drug-likeness (QED) is 0.517. The third-order valence-corrected chi connectivity index (χ3v) is 5.72. The van der Waals surface area contributed by atoms with E-state index in [2.05, 4.69) is 17.1 Å². The second-order valence-corrected chi connectivity index (χ2v) is 7.31. The Balaban J connectivity index is 2.08. The summed E-state index contributed by atoms with van der Waals surface area (Å²) >= 11 is 0. The number of fused-ring (bicyclic) bond motifs is 1. The molecule has 28 heavy (non-hydrogen) atoms. The number of rotatable bonds is 9. The van der Waals surface area contributed by atoms with Gasteiger partial charge < -0.3 is 15.2 Å². The van der Waals surface area contributed by atoms with Crippen LogP contribution in [-0.2, 0) is 9.47 Å². The van der Waals surface area contributed by atoms with E-state index in [0.29, 0.717) is 18.8 Å². The molecule has 0 amide bonds. The van der Waals surface area contributed by atoms with Crippen molar-refractivity contribution in [1.29, 1.82) is 10.5 Å². The summed E-state index contributed by atoms with van der Waals surface area (Å²) in [5.74, 6) is -2.58. The lowest BCUT2D eigenvalue weighted by Gasteiger charge is -2.32. The molecule has 1 aliphatic heterocycles. The number of halogens is 1. The molecule has 1 aromatic carbocycles. The van der Waals surface area contributed by atoms with Crippen LogP contribution in [-0.4, -0.2) is 25.0 Å². The Bertz CT molecular complexity index is 831. The summed E-state index contributed by atoms with van der Waals surface area (Å²) in [7, 11) is 0. The molecule has 1 saturated carbocycles. The summed E-state index contributed by atoms with van der Waals surface area (Å²) in [4.78, 5) is 4.40. The molecule has 0 radical (unpaired) electrons. The van der Waals surface area contributed by atoms with Crippen molar-refractivity contribution < 1.29 is 13.9 Å². The first-order valence-corrected chi connectivity index (χ1v) is 9.71. The minimum absolute atomic E-state index is 0.0406. The number of nitriles is 2. The van der Waals surface area contributed by atoms with Gasteiger partial charge in [-0.2, -0.15) is 10.5 Å². The molecule has 7 heteroatoms. The molecule has 3 atom stereocenters. The molecule has 0 spiro atoms. The lowest BCUT2D eigenvalue weighted by atomic mass is 9.93. The lowest BCUT2D eigenvalue weighted by Crippen LogP contribution is -2.44. The largest absolute Gasteiger partial charge is 0.386 e. The summed E-state index contributed by atoms with van der Waals surface area (Å²) in [6.07, 6.45) is 3.32. The molecule has 0 bridgehead atoms. The maximum atomic E-state index is 13.4. The SMILES string of the molecule is CCCCOC1(OCCCC)N=C(N)[C@]2(C#N)[C@@H](c3ccc(F)cc3)[C@]12C#N. The molecule has 1 aromatic rings. The maximum absolute atomic E-state index is 13.4. The Kier molecular flexibility index (Phi) is 5.43. The van der Waals surface area contributed by atoms with Gasteiger partial charge >= 0.3 is 0 Å². The van der Waals surface area contributed by atoms with Crippen molar-refractivity contribution in [2.75, 3.05) is 13.2 Å². The van der Waals surface area contributed by atoms with Gasteiger partial charge in [0.2, 0.25) is 0 Å². The number of amidine groups is 1. The number of hydrogen-bond donors (Lipinski definition) is 1. The molecule has 1 fully saturated rings. The molecule has 148 valence electrons. The van der Waals surface area contributed by atoms with E-state index in [-0.39, 0.29) is 5.84 Å². The second-order valence-electron chi connectivity index (χ2n) is 7.31. The molecular formula is C21H25FN4O2. The van der Waals surface area contributed by atoms with E-state index in [9.17, 15) is 14.9 Å². The number of hydrogen-bond acceptors (Lipinski definition) is 6. The van der Waals surface area contributed by atoms with E-state index in [0.717, 1.165) is 25.7 Å². The molecular weight excluding hydrogens is 359 g/mol. The number of nitrogens with two attached hydrogens (primary N) is 1. The van der Waals surface area contributed by atoms with Gasteiger partial charge in [0.1, 0.15) is 17.1 Å². The van der Waals surface area contributed by atoms with Gasteiger partial charge in [0, 0.05) is 5.92 Å². The molecule has 1 heterocycles. The number of unbranched alkanes of at least 4 members (excludes halogenated alkanes) is 2. The topological polar surface area (TPSA) is 104 Å². The Morgan fingerprint density at radius 2 is 1.64 bits per heavy atom. The summed E-state index contributed by atoms with van der Waals surface area (Å²) in [6, 6.07) is 10.3. The van der Waals surface area contributed by atoms with Crippen LogP contribution in [0.5, 0.6) is 0 Å². The van der Waals surface area contributed by atoms with Gasteiger partial charge in [0.25, 0.3) is 5.91 Å². The second kappa shape index (κ2) is 7.50. The number of benzene rings is 1. The molecule has 0 saturated heterocycles. The van der Waals surface area contributed by atoms with E-state index in [1.807, 2.05) is 13.8 Å². The highest BCUT2D eigenvalue weighted by Crippen LogP contribution is 2.82. The first-order valence-electron chi connectivity index (χ1n) is 9.71. The van der Waals surface area contributed by atoms with Crippen LogP contribution in [0.1, 0.15) is 51.0 Å². The standard InChI is InChI=1S/C21H25FN4O2/c1-3-5-11-27-21(28-12-6-4-2)20(14-24)17(15-7-9-16(22)10-8-15)19(20,13-23)18(25)26-21/h7-10,17H,3-6,11-12H2,1-2H3,(H2,25,26)/t17-,19+,20+/m1/s1. The van der Waals surface area contributed by atoms with Crippen molar-refractivity contribution in [3.63, 3.8) is 0 Å². The molecule has 1 aliphatic carbocycles. The minimum atomic E-state index is -1.63. The normalized spacial score (nSPS) is 29.5. The molecule has 2 aliphatic rings. The van der Waals surface area contributed by atoms with Crippen LogP contribution in [0.3, 0.4) is 0 Å². The van der Waals surface area contributed by atoms with Crippen LogP contribution in [0.4, 0.5) is 4.39 Å². The van der Waals surface area contributed by atoms with Crippen LogP contribution in [0, 0.1) is 39.3 Å². The molecule has 2 N–H and O–H groups in total. The minimum Gasteiger partial charge on any atom is -0.386 e. The summed E-state index contributed by atoms with van der Waals surface area (Å²) < 4.78 is 25.5. The van der Waals surface area contributed by atoms with Crippen LogP contribution < -0.4 is 5.73 Å². The van der Waals surface area contributed by atoms with Gasteiger partial charge in [0.15, 0.2) is 5.41 Å². The Morgan fingerprint density at radius 1 is 1.07 bits per heavy atom. The fraction of sp³-hybridized carbons (Fsp3) is 0.571. The zero-order valence-corrected chi connectivity index (χ0v) is 16.2. The van der Waals surface area contributed by atoms with Gasteiger partial charge in [-0.25, -0.2) is 9.38 Å². The van der Waals surface area contributed by atoms with Crippen molar-refractivity contribution in [2.24, 2.45) is 21.6 Å². The first kappa shape index (κ1) is 20.3. The highest BCUT2D eigenvalue weighted by molar-refractivity contribution is 6.00. The number of nitrogens with zero attached hydrogens (tertiary/aromatic N) is 3. The fourth-order valence-corrected chi connectivity index (χ4v) is 4.22. The Labute approximate surface area is 164 Å². The van der Waals surface area contributed by atoms with Gasteiger partial charge in [-0.3, -0.25) is 0 Å². The predicted octanol–water partition coefficient (Wildman–Crippen LogP) is 3.60. The van der Waals surface area contributed by atoms with Crippen LogP contribution in [0.2, 0.25) is 0 Å². The zero-order chi connectivity index (χ0) is 20.4. The van der Waals surface area contributed by atoms with Crippen LogP contribution in [0.15, 0.2) is 29.3 Å². The molecule has 6 nitrogen and oxygen atoms in total. The average molecular weight is 384 g/mol. The van der Waals surface area contributed by atoms with Crippen molar-refractivity contribution in [2.45, 2.75) is 51.4 Å². The van der Waals surface area contributed by atoms with Gasteiger partial charge in [-0.15, -0.1) is 0 Å². The fourth-order valence-electron chi connectivity index (χ4n) is 4.22. The van der Waals surface area contributed by atoms with E-state index in [4.69, 9.17) is 15.2 Å². The van der Waals surface area contributed by atoms with Crippen molar-refractivity contribution in [1.82, 2.24) is 0 Å². The maximum Gasteiger partial charge on any atom is 0.293 e. The average Bonchev–Trinajstić information content (AvgIpc) is 3.27. The smallest absolute Gasteiger partial charge is 0.293 e. The Morgan fingerprint density at radius 3 is 2.11 bits per heavy atom. The van der Waals surface area contributed by atoms with Crippen molar-refractivity contribution in [3.05, 3.63) is 35.6 Å². The van der Waals surface area contributed by atoms with E-state index < -0.39 is 28.5 Å². The van der Waals surface area contributed by atoms with Gasteiger partial charge in [-0.1, -0.05) is 38.8 Å². The van der Waals surface area contributed by atoms with Gasteiger partial charge in [0.05, 0.1) is 25.4 Å². The monoisotopic (exact) mass is 384 g/mol. The summed E-state index contributed by atoms with van der Waals surface area (Å²) in [6.45, 7) is 4.72. The first-order chi connectivity index (χ1) is 13.5. The highest BCUT2D eigenvalue weighted by Gasteiger charge is 2.93. The highest BCUT2D eigenvalue weighted by atomic mass is 19.1. The molecule has 0 aromatic heterocycles. The van der Waals surface area contributed by atoms with Crippen LogP contribution >= 0.6 is 0 Å². The molecule has 0 unspecified atom stereocenters. The number of aliphatic imine (C=N–C) groups is 1. The van der Waals surface area contributed by atoms with E-state index >= 15 is 0 Å².